The van der Waals surface area contributed by atoms with Crippen molar-refractivity contribution in [1.82, 2.24) is 19.6 Å². The quantitative estimate of drug-likeness (QED) is 0.754. The van der Waals surface area contributed by atoms with Crippen LogP contribution >= 0.6 is 0 Å². The molecule has 0 saturated carbocycles. The Morgan fingerprint density at radius 2 is 2.12 bits per heavy atom. The molecule has 3 aromatic heterocycles. The number of rotatable bonds is 2. The van der Waals surface area contributed by atoms with Crippen LogP contribution in [-0.2, 0) is 5.54 Å². The lowest BCUT2D eigenvalue weighted by atomic mass is 9.89. The Bertz CT molecular complexity index is 984. The fraction of sp³-hybridized carbons (Fsp3) is 0.167. The highest BCUT2D eigenvalue weighted by Gasteiger charge is 2.30. The maximum absolute atomic E-state index is 6.50. The van der Waals surface area contributed by atoms with Crippen molar-refractivity contribution in [2.75, 3.05) is 0 Å². The second kappa shape index (κ2) is 5.28. The summed E-state index contributed by atoms with van der Waals surface area (Å²) in [7, 11) is 0. The standard InChI is InChI=1S/C18H18N6/c1-12-10-21-17(18(20)7-4-5-13(19)9-18)23-16(12)14-11-22-24-8-3-2-6-15(14)24/h2-8,10-11H,9,19-20H2,1H3. The van der Waals surface area contributed by atoms with Crippen molar-refractivity contribution in [2.24, 2.45) is 11.5 Å². The molecule has 3 heterocycles. The van der Waals surface area contributed by atoms with Gasteiger partial charge in [0.2, 0.25) is 0 Å². The van der Waals surface area contributed by atoms with Gasteiger partial charge in [0.25, 0.3) is 0 Å². The van der Waals surface area contributed by atoms with Crippen LogP contribution in [0.1, 0.15) is 17.8 Å². The predicted octanol–water partition coefficient (Wildman–Crippen LogP) is 2.06. The van der Waals surface area contributed by atoms with E-state index in [2.05, 4.69) is 10.1 Å². The summed E-state index contributed by atoms with van der Waals surface area (Å²) < 4.78 is 1.83. The molecule has 0 radical (unpaired) electrons. The zero-order valence-corrected chi connectivity index (χ0v) is 13.3. The molecule has 0 amide bonds. The average Bonchev–Trinajstić information content (AvgIpc) is 2.99. The van der Waals surface area contributed by atoms with E-state index in [0.29, 0.717) is 12.2 Å². The maximum atomic E-state index is 6.50. The lowest BCUT2D eigenvalue weighted by molar-refractivity contribution is 0.509. The minimum Gasteiger partial charge on any atom is -0.402 e. The van der Waals surface area contributed by atoms with Crippen LogP contribution in [0.25, 0.3) is 16.8 Å². The van der Waals surface area contributed by atoms with E-state index in [1.54, 1.807) is 6.20 Å². The molecule has 0 aromatic carbocycles. The van der Waals surface area contributed by atoms with Gasteiger partial charge < -0.3 is 11.5 Å². The van der Waals surface area contributed by atoms with Crippen LogP contribution in [0.5, 0.6) is 0 Å². The third-order valence-electron chi connectivity index (χ3n) is 4.27. The molecule has 1 atom stereocenters. The Morgan fingerprint density at radius 3 is 2.96 bits per heavy atom. The summed E-state index contributed by atoms with van der Waals surface area (Å²) in [4.78, 5) is 9.23. The molecule has 3 aromatic rings. The third-order valence-corrected chi connectivity index (χ3v) is 4.27. The van der Waals surface area contributed by atoms with E-state index >= 15 is 0 Å². The maximum Gasteiger partial charge on any atom is 0.153 e. The summed E-state index contributed by atoms with van der Waals surface area (Å²) in [5.41, 5.74) is 16.2. The summed E-state index contributed by atoms with van der Waals surface area (Å²) >= 11 is 0. The summed E-state index contributed by atoms with van der Waals surface area (Å²) in [5, 5.41) is 4.39. The average molecular weight is 318 g/mol. The predicted molar refractivity (Wildman–Crippen MR) is 92.8 cm³/mol. The zero-order chi connectivity index (χ0) is 16.7. The van der Waals surface area contributed by atoms with Gasteiger partial charge in [-0.3, -0.25) is 0 Å². The molecule has 1 aliphatic carbocycles. The van der Waals surface area contributed by atoms with E-state index in [4.69, 9.17) is 16.5 Å². The molecule has 1 unspecified atom stereocenters. The number of fused-ring (bicyclic) bond motifs is 1. The number of aryl methyl sites for hydroxylation is 1. The Labute approximate surface area is 139 Å². The molecule has 0 fully saturated rings. The van der Waals surface area contributed by atoms with Crippen molar-refractivity contribution < 1.29 is 0 Å². The normalized spacial score (nSPS) is 20.3. The molecule has 0 bridgehead atoms. The van der Waals surface area contributed by atoms with Crippen LogP contribution in [0.3, 0.4) is 0 Å². The Kier molecular flexibility index (Phi) is 3.21. The Hall–Kier alpha value is -2.99. The monoisotopic (exact) mass is 318 g/mol. The largest absolute Gasteiger partial charge is 0.402 e. The lowest BCUT2D eigenvalue weighted by Gasteiger charge is -2.27. The molecule has 1 aliphatic rings. The fourth-order valence-electron chi connectivity index (χ4n) is 3.01. The summed E-state index contributed by atoms with van der Waals surface area (Å²) in [6, 6.07) is 5.94. The van der Waals surface area contributed by atoms with E-state index in [1.165, 1.54) is 0 Å². The highest BCUT2D eigenvalue weighted by Crippen LogP contribution is 2.30. The first-order valence-electron chi connectivity index (χ1n) is 7.76. The molecule has 0 aliphatic heterocycles. The van der Waals surface area contributed by atoms with Crippen molar-refractivity contribution in [1.29, 1.82) is 0 Å². The van der Waals surface area contributed by atoms with Gasteiger partial charge in [0.05, 0.1) is 17.4 Å². The first-order valence-corrected chi connectivity index (χ1v) is 7.76. The van der Waals surface area contributed by atoms with E-state index in [-0.39, 0.29) is 0 Å². The minimum atomic E-state index is -0.787. The fourth-order valence-corrected chi connectivity index (χ4v) is 3.01. The number of allylic oxidation sites excluding steroid dienone is 2. The van der Waals surface area contributed by atoms with Gasteiger partial charge in [-0.05, 0) is 30.7 Å². The van der Waals surface area contributed by atoms with Gasteiger partial charge in [-0.2, -0.15) is 5.10 Å². The SMILES string of the molecule is Cc1cnc(C2(N)C=CC=C(N)C2)nc1-c1cnn2ccccc12. The van der Waals surface area contributed by atoms with E-state index in [9.17, 15) is 0 Å². The summed E-state index contributed by atoms with van der Waals surface area (Å²) in [5.74, 6) is 0.561. The van der Waals surface area contributed by atoms with Crippen molar-refractivity contribution in [2.45, 2.75) is 18.9 Å². The number of nitrogens with two attached hydrogens (primary N) is 2. The van der Waals surface area contributed by atoms with Crippen LogP contribution in [0.15, 0.2) is 60.7 Å². The van der Waals surface area contributed by atoms with Crippen LogP contribution in [-0.4, -0.2) is 19.6 Å². The van der Waals surface area contributed by atoms with Crippen LogP contribution in [0, 0.1) is 6.92 Å². The van der Waals surface area contributed by atoms with Gasteiger partial charge in [-0.1, -0.05) is 18.2 Å². The second-order valence-electron chi connectivity index (χ2n) is 6.13. The third kappa shape index (κ3) is 2.28. The van der Waals surface area contributed by atoms with Gasteiger partial charge in [0.1, 0.15) is 5.54 Å². The molecule has 4 rings (SSSR count). The van der Waals surface area contributed by atoms with Gasteiger partial charge in [0, 0.05) is 30.1 Å². The van der Waals surface area contributed by atoms with Crippen LogP contribution in [0.4, 0.5) is 0 Å². The molecule has 24 heavy (non-hydrogen) atoms. The van der Waals surface area contributed by atoms with Crippen LogP contribution in [0.2, 0.25) is 0 Å². The Morgan fingerprint density at radius 1 is 1.25 bits per heavy atom. The van der Waals surface area contributed by atoms with E-state index < -0.39 is 5.54 Å². The van der Waals surface area contributed by atoms with Gasteiger partial charge in [-0.15, -0.1) is 0 Å². The molecular formula is C18H18N6. The van der Waals surface area contributed by atoms with Gasteiger partial charge in [-0.25, -0.2) is 14.5 Å². The van der Waals surface area contributed by atoms with Crippen LogP contribution < -0.4 is 11.5 Å². The van der Waals surface area contributed by atoms with Crippen molar-refractivity contribution in [3.05, 3.63) is 72.1 Å². The number of aromatic nitrogens is 4. The topological polar surface area (TPSA) is 95.1 Å². The Balaban J connectivity index is 1.86. The lowest BCUT2D eigenvalue weighted by Crippen LogP contribution is -2.39. The number of nitrogens with zero attached hydrogens (tertiary/aromatic N) is 4. The number of hydrogen-bond donors (Lipinski definition) is 2. The summed E-state index contributed by atoms with van der Waals surface area (Å²) in [6.07, 6.45) is 11.6. The molecular weight excluding hydrogens is 300 g/mol. The zero-order valence-electron chi connectivity index (χ0n) is 13.3. The van der Waals surface area contributed by atoms with E-state index in [1.807, 2.05) is 60.3 Å². The smallest absolute Gasteiger partial charge is 0.153 e. The van der Waals surface area contributed by atoms with Gasteiger partial charge in [0.15, 0.2) is 5.82 Å². The second-order valence-corrected chi connectivity index (χ2v) is 6.13. The molecule has 0 saturated heterocycles. The first kappa shape index (κ1) is 14.6. The molecule has 0 spiro atoms. The highest BCUT2D eigenvalue weighted by atomic mass is 15.2. The molecule has 6 heteroatoms. The van der Waals surface area contributed by atoms with Crippen molar-refractivity contribution >= 4 is 5.52 Å². The molecule has 120 valence electrons. The molecule has 4 N–H and O–H groups in total. The first-order chi connectivity index (χ1) is 11.6. The molecule has 6 nitrogen and oxygen atoms in total. The van der Waals surface area contributed by atoms with Crippen molar-refractivity contribution in [3.8, 4) is 11.3 Å². The summed E-state index contributed by atoms with van der Waals surface area (Å²) in [6.45, 7) is 1.99. The van der Waals surface area contributed by atoms with Gasteiger partial charge >= 0.3 is 0 Å². The highest BCUT2D eigenvalue weighted by molar-refractivity contribution is 5.79. The number of hydrogen-bond acceptors (Lipinski definition) is 5. The van der Waals surface area contributed by atoms with E-state index in [0.717, 1.165) is 28.0 Å². The van der Waals surface area contributed by atoms with Crippen molar-refractivity contribution in [3.63, 3.8) is 0 Å². The number of pyridine rings is 1. The minimum absolute atomic E-state index is 0.501.